The Hall–Kier alpha value is -2.51. The van der Waals surface area contributed by atoms with Crippen LogP contribution in [0.15, 0.2) is 12.3 Å². The normalized spacial score (nSPS) is 31.0. The summed E-state index contributed by atoms with van der Waals surface area (Å²) < 4.78 is 6.64. The van der Waals surface area contributed by atoms with Crippen molar-refractivity contribution in [2.24, 2.45) is 23.2 Å². The average molecular weight is 397 g/mol. The summed E-state index contributed by atoms with van der Waals surface area (Å²) in [6.45, 7) is 3.64. The predicted octanol–water partition coefficient (Wildman–Crippen LogP) is 2.31. The quantitative estimate of drug-likeness (QED) is 0.778. The lowest BCUT2D eigenvalue weighted by atomic mass is 9.48. The molecule has 0 aromatic carbocycles. The van der Waals surface area contributed by atoms with Gasteiger partial charge in [0.15, 0.2) is 6.61 Å². The molecular weight excluding hydrogens is 370 g/mol. The van der Waals surface area contributed by atoms with E-state index in [1.54, 1.807) is 12.3 Å². The fourth-order valence-electron chi connectivity index (χ4n) is 6.33. The third kappa shape index (κ3) is 3.28. The fourth-order valence-corrected chi connectivity index (χ4v) is 6.33. The van der Waals surface area contributed by atoms with E-state index in [1.807, 2.05) is 6.92 Å². The van der Waals surface area contributed by atoms with Gasteiger partial charge in [-0.25, -0.2) is 14.3 Å². The Balaban J connectivity index is 1.19. The molecule has 4 saturated carbocycles. The molecule has 1 atom stereocenters. The highest BCUT2D eigenvalue weighted by molar-refractivity contribution is 5.88. The molecule has 6 rings (SSSR count). The maximum atomic E-state index is 12.5. The Bertz CT molecular complexity index is 933. The zero-order chi connectivity index (χ0) is 20.2. The van der Waals surface area contributed by atoms with E-state index in [-0.39, 0.29) is 29.8 Å². The van der Waals surface area contributed by atoms with Crippen LogP contribution in [0.25, 0.3) is 5.78 Å². The molecular formula is C21H27N5O3. The third-order valence-electron chi connectivity index (χ3n) is 7.33. The van der Waals surface area contributed by atoms with Crippen molar-refractivity contribution in [1.29, 1.82) is 0 Å². The van der Waals surface area contributed by atoms with Crippen molar-refractivity contribution in [3.05, 3.63) is 23.8 Å². The first-order valence-electron chi connectivity index (χ1n) is 10.6. The number of aryl methyl sites for hydroxylation is 1. The first-order chi connectivity index (χ1) is 13.9. The van der Waals surface area contributed by atoms with Gasteiger partial charge >= 0.3 is 5.97 Å². The lowest BCUT2D eigenvalue weighted by Gasteiger charge is -2.59. The van der Waals surface area contributed by atoms with Gasteiger partial charge in [0, 0.05) is 17.9 Å². The van der Waals surface area contributed by atoms with E-state index >= 15 is 0 Å². The molecule has 1 amide bonds. The summed E-state index contributed by atoms with van der Waals surface area (Å²) in [7, 11) is 0. The topological polar surface area (TPSA) is 98.5 Å². The summed E-state index contributed by atoms with van der Waals surface area (Å²) in [5.74, 6) is 1.75. The Morgan fingerprint density at radius 2 is 1.90 bits per heavy atom. The van der Waals surface area contributed by atoms with Gasteiger partial charge in [-0.3, -0.25) is 4.79 Å². The van der Waals surface area contributed by atoms with Gasteiger partial charge in [0.05, 0.1) is 0 Å². The van der Waals surface area contributed by atoms with Gasteiger partial charge in [-0.05, 0) is 81.6 Å². The Morgan fingerprint density at radius 1 is 1.24 bits per heavy atom. The van der Waals surface area contributed by atoms with Crippen LogP contribution in [0, 0.1) is 30.1 Å². The van der Waals surface area contributed by atoms with Crippen LogP contribution in [0.1, 0.15) is 61.8 Å². The molecule has 2 aromatic rings. The van der Waals surface area contributed by atoms with E-state index in [1.165, 1.54) is 43.0 Å². The van der Waals surface area contributed by atoms with E-state index in [2.05, 4.69) is 27.3 Å². The summed E-state index contributed by atoms with van der Waals surface area (Å²) in [4.78, 5) is 32.9. The minimum absolute atomic E-state index is 0.0891. The van der Waals surface area contributed by atoms with Crippen molar-refractivity contribution in [3.8, 4) is 0 Å². The predicted molar refractivity (Wildman–Crippen MR) is 104 cm³/mol. The number of hydrogen-bond acceptors (Lipinski definition) is 6. The van der Waals surface area contributed by atoms with Gasteiger partial charge in [0.25, 0.3) is 17.5 Å². The van der Waals surface area contributed by atoms with Crippen molar-refractivity contribution in [3.63, 3.8) is 0 Å². The minimum Gasteiger partial charge on any atom is -0.450 e. The SMILES string of the molecule is Cc1ccnc2nc(C(=O)OCC(=O)N[C@H](C)C34CC5CC(CC(C5)C3)C4)nn12. The van der Waals surface area contributed by atoms with Gasteiger partial charge in [-0.1, -0.05) is 0 Å². The molecule has 4 fully saturated rings. The van der Waals surface area contributed by atoms with Crippen molar-refractivity contribution >= 4 is 17.7 Å². The second-order valence-electron chi connectivity index (χ2n) is 9.38. The number of nitrogens with zero attached hydrogens (tertiary/aromatic N) is 4. The number of carbonyl (C=O) groups excluding carboxylic acids is 2. The summed E-state index contributed by atoms with van der Waals surface area (Å²) in [6, 6.07) is 1.87. The molecule has 0 radical (unpaired) electrons. The van der Waals surface area contributed by atoms with E-state index < -0.39 is 5.97 Å². The first kappa shape index (κ1) is 18.5. The number of amides is 1. The largest absolute Gasteiger partial charge is 0.450 e. The van der Waals surface area contributed by atoms with Crippen LogP contribution in [-0.4, -0.2) is 44.1 Å². The number of rotatable bonds is 5. The second kappa shape index (κ2) is 6.78. The standard InChI is InChI=1S/C21H27N5O3/c1-12-3-4-22-20-24-18(25-26(12)20)19(28)29-11-17(27)23-13(2)21-8-14-5-15(9-21)7-16(6-14)10-21/h3-4,13-16H,5-11H2,1-2H3,(H,23,27)/t13-,14?,15?,16?,21?/m1/s1. The molecule has 4 aliphatic rings. The van der Waals surface area contributed by atoms with Gasteiger partial charge in [0.2, 0.25) is 0 Å². The molecule has 8 nitrogen and oxygen atoms in total. The molecule has 29 heavy (non-hydrogen) atoms. The van der Waals surface area contributed by atoms with E-state index in [9.17, 15) is 9.59 Å². The highest BCUT2D eigenvalue weighted by atomic mass is 16.5. The van der Waals surface area contributed by atoms with Crippen LogP contribution in [0.2, 0.25) is 0 Å². The number of fused-ring (bicyclic) bond motifs is 1. The second-order valence-corrected chi connectivity index (χ2v) is 9.38. The summed E-state index contributed by atoms with van der Waals surface area (Å²) in [5.41, 5.74) is 1.03. The molecule has 4 bridgehead atoms. The van der Waals surface area contributed by atoms with Crippen molar-refractivity contribution < 1.29 is 14.3 Å². The van der Waals surface area contributed by atoms with Gasteiger partial charge in [-0.15, -0.1) is 5.10 Å². The summed E-state index contributed by atoms with van der Waals surface area (Å²) >= 11 is 0. The highest BCUT2D eigenvalue weighted by Crippen LogP contribution is 2.61. The lowest BCUT2D eigenvalue weighted by Crippen LogP contribution is -2.56. The average Bonchev–Trinajstić information content (AvgIpc) is 3.11. The van der Waals surface area contributed by atoms with Crippen LogP contribution >= 0.6 is 0 Å². The molecule has 1 N–H and O–H groups in total. The van der Waals surface area contributed by atoms with Crippen molar-refractivity contribution in [2.45, 2.75) is 58.4 Å². The molecule has 0 aliphatic heterocycles. The number of aromatic nitrogens is 4. The summed E-state index contributed by atoms with van der Waals surface area (Å²) in [6.07, 6.45) is 9.38. The van der Waals surface area contributed by atoms with Crippen LogP contribution in [0.3, 0.4) is 0 Å². The number of esters is 1. The van der Waals surface area contributed by atoms with Crippen LogP contribution in [0.5, 0.6) is 0 Å². The van der Waals surface area contributed by atoms with E-state index in [0.29, 0.717) is 5.78 Å². The molecule has 4 aliphatic carbocycles. The maximum absolute atomic E-state index is 12.5. The van der Waals surface area contributed by atoms with Crippen molar-refractivity contribution in [1.82, 2.24) is 24.9 Å². The monoisotopic (exact) mass is 397 g/mol. The molecule has 8 heteroatoms. The van der Waals surface area contributed by atoms with E-state index in [4.69, 9.17) is 4.74 Å². The van der Waals surface area contributed by atoms with Crippen molar-refractivity contribution in [2.75, 3.05) is 6.61 Å². The lowest BCUT2D eigenvalue weighted by molar-refractivity contribution is -0.128. The number of ether oxygens (including phenoxy) is 1. The maximum Gasteiger partial charge on any atom is 0.378 e. The van der Waals surface area contributed by atoms with E-state index in [0.717, 1.165) is 23.4 Å². The van der Waals surface area contributed by atoms with Crippen LogP contribution in [0.4, 0.5) is 0 Å². The Kier molecular flexibility index (Phi) is 4.33. The molecule has 0 spiro atoms. The number of carbonyl (C=O) groups is 2. The smallest absolute Gasteiger partial charge is 0.378 e. The first-order valence-corrected chi connectivity index (χ1v) is 10.6. The third-order valence-corrected chi connectivity index (χ3v) is 7.33. The minimum atomic E-state index is -0.715. The zero-order valence-electron chi connectivity index (χ0n) is 16.9. The van der Waals surface area contributed by atoms with Crippen LogP contribution in [-0.2, 0) is 9.53 Å². The molecule has 2 aromatic heterocycles. The fraction of sp³-hybridized carbons (Fsp3) is 0.667. The highest BCUT2D eigenvalue weighted by Gasteiger charge is 2.53. The van der Waals surface area contributed by atoms with Crippen LogP contribution < -0.4 is 5.32 Å². The Labute approximate surface area is 169 Å². The zero-order valence-corrected chi connectivity index (χ0v) is 16.9. The van der Waals surface area contributed by atoms with Gasteiger partial charge in [-0.2, -0.15) is 4.98 Å². The number of nitrogens with one attached hydrogen (secondary N) is 1. The summed E-state index contributed by atoms with van der Waals surface area (Å²) in [5, 5.41) is 7.22. The molecule has 154 valence electrons. The molecule has 0 saturated heterocycles. The molecule has 2 heterocycles. The molecule has 0 unspecified atom stereocenters. The number of hydrogen-bond donors (Lipinski definition) is 1. The van der Waals surface area contributed by atoms with Gasteiger partial charge in [0.1, 0.15) is 0 Å². The Morgan fingerprint density at radius 3 is 2.52 bits per heavy atom. The van der Waals surface area contributed by atoms with Gasteiger partial charge < -0.3 is 10.1 Å².